The number of nitrogens with zero attached hydrogens (tertiary/aromatic N) is 3. The van der Waals surface area contributed by atoms with Crippen LogP contribution in [0.4, 0.5) is 0 Å². The zero-order chi connectivity index (χ0) is 55.2. The summed E-state index contributed by atoms with van der Waals surface area (Å²) in [7, 11) is 6.17. The van der Waals surface area contributed by atoms with E-state index < -0.39 is 65.6 Å². The van der Waals surface area contributed by atoms with Crippen LogP contribution in [0.25, 0.3) is 0 Å². The number of amides is 5. The van der Waals surface area contributed by atoms with Gasteiger partial charge in [-0.15, -0.1) is 0 Å². The van der Waals surface area contributed by atoms with Crippen LogP contribution >= 0.6 is 0 Å². The average molecular weight is 1050 g/mol. The molecule has 1 heterocycles. The zero-order valence-electron chi connectivity index (χ0n) is 46.3. The minimum Gasteiger partial charge on any atom is -0.480 e. The number of methoxy groups -OCH3 is 2. The van der Waals surface area contributed by atoms with Crippen molar-refractivity contribution in [3.8, 4) is 0 Å². The lowest BCUT2D eigenvalue weighted by Crippen LogP contribution is -2.62. The third-order valence-electron chi connectivity index (χ3n) is 13.7. The van der Waals surface area contributed by atoms with Crippen LogP contribution in [0.15, 0.2) is 30.3 Å². The van der Waals surface area contributed by atoms with Crippen molar-refractivity contribution in [2.45, 2.75) is 129 Å². The number of likely N-dealkylation sites (N-methyl/N-ethyl adjacent to an activating group) is 2. The third-order valence-corrected chi connectivity index (χ3v) is 13.7. The second-order valence-electron chi connectivity index (χ2n) is 19.6. The van der Waals surface area contributed by atoms with Crippen LogP contribution in [0.1, 0.15) is 86.1 Å². The molecule has 0 spiro atoms. The second kappa shape index (κ2) is 35.8. The number of likely N-dealkylation sites (tertiary alicyclic amines) is 1. The zero-order valence-corrected chi connectivity index (χ0v) is 46.3. The van der Waals surface area contributed by atoms with Crippen molar-refractivity contribution in [2.24, 2.45) is 23.5 Å². The number of carboxylic acid groups (broad SMARTS) is 1. The molecule has 21 nitrogen and oxygen atoms in total. The summed E-state index contributed by atoms with van der Waals surface area (Å²) in [6.07, 6.45) is 0.439. The molecule has 1 fully saturated rings. The van der Waals surface area contributed by atoms with Crippen LogP contribution in [0.5, 0.6) is 0 Å². The molecule has 0 aliphatic carbocycles. The van der Waals surface area contributed by atoms with E-state index in [1.807, 2.05) is 33.8 Å². The molecule has 0 aromatic heterocycles. The molecule has 74 heavy (non-hydrogen) atoms. The van der Waals surface area contributed by atoms with Gasteiger partial charge in [-0.1, -0.05) is 71.4 Å². The monoisotopic (exact) mass is 1050 g/mol. The maximum atomic E-state index is 14.6. The summed E-state index contributed by atoms with van der Waals surface area (Å²) < 4.78 is 44.7. The minimum atomic E-state index is -1.34. The Morgan fingerprint density at radius 1 is 0.784 bits per heavy atom. The van der Waals surface area contributed by atoms with E-state index in [0.29, 0.717) is 98.4 Å². The summed E-state index contributed by atoms with van der Waals surface area (Å²) in [5.74, 6) is -4.40. The van der Waals surface area contributed by atoms with Crippen LogP contribution in [0.3, 0.4) is 0 Å². The summed E-state index contributed by atoms with van der Waals surface area (Å²) >= 11 is 0. The molecular formula is C53H92N6O15. The number of rotatable bonds is 40. The van der Waals surface area contributed by atoms with Gasteiger partial charge in [0.1, 0.15) is 17.6 Å². The lowest BCUT2D eigenvalue weighted by atomic mass is 9.89. The highest BCUT2D eigenvalue weighted by atomic mass is 16.6. The average Bonchev–Trinajstić information content (AvgIpc) is 3.87. The molecule has 1 aromatic rings. The topological polar surface area (TPSA) is 256 Å². The number of benzene rings is 1. The normalized spacial score (nSPS) is 16.7. The molecule has 2 rings (SSSR count). The molecule has 21 heteroatoms. The number of carbonyl (C=O) groups excluding carboxylic acids is 5. The fourth-order valence-corrected chi connectivity index (χ4v) is 8.79. The van der Waals surface area contributed by atoms with E-state index in [2.05, 4.69) is 10.6 Å². The highest BCUT2D eigenvalue weighted by Gasteiger charge is 2.44. The number of carboxylic acids is 1. The number of carbonyl (C=O) groups is 6. The van der Waals surface area contributed by atoms with Crippen LogP contribution in [0.2, 0.25) is 0 Å². The standard InChI is InChI=1S/C53H92N6O15/c1-12-38(4)47(43(67-10)36-45(61)59-22-16-19-42(59)48(68-11)39(5)49(62)55-41(51(64)65)35-40-17-14-13-15-18-40)57(8)50(63)46(37(2)3)56-52(66)53(6,7)58(9)44(60)20-23-69-25-27-71-29-31-73-33-34-74-32-30-72-28-26-70-24-21-54/h13-15,17-18,37-39,41-43,46-48H,12,16,19-36,54H2,1-11H3,(H,55,62)(H,56,66)(H,64,65)/t38-,39+,41-,42-,43+,46-,47-,48+/m0/s1. The Balaban J connectivity index is 1.95. The van der Waals surface area contributed by atoms with Crippen LogP contribution < -0.4 is 16.4 Å². The quantitative estimate of drug-likeness (QED) is 0.0689. The molecule has 5 amide bonds. The number of hydrogen-bond acceptors (Lipinski definition) is 15. The maximum Gasteiger partial charge on any atom is 0.326 e. The van der Waals surface area contributed by atoms with Crippen LogP contribution in [-0.2, 0) is 73.1 Å². The molecule has 1 aliphatic rings. The van der Waals surface area contributed by atoms with Crippen molar-refractivity contribution < 1.29 is 71.8 Å². The van der Waals surface area contributed by atoms with Crippen molar-refractivity contribution in [1.29, 1.82) is 0 Å². The van der Waals surface area contributed by atoms with Gasteiger partial charge in [0.2, 0.25) is 29.5 Å². The van der Waals surface area contributed by atoms with Crippen molar-refractivity contribution >= 4 is 35.5 Å². The molecule has 1 saturated heterocycles. The lowest BCUT2D eigenvalue weighted by Gasteiger charge is -2.41. The van der Waals surface area contributed by atoms with E-state index in [1.54, 1.807) is 68.9 Å². The molecule has 0 bridgehead atoms. The Kier molecular flexibility index (Phi) is 31.9. The molecule has 1 aliphatic heterocycles. The Morgan fingerprint density at radius 2 is 1.31 bits per heavy atom. The maximum absolute atomic E-state index is 14.6. The molecule has 8 atom stereocenters. The van der Waals surface area contributed by atoms with Gasteiger partial charge in [0.05, 0.1) is 122 Å². The number of hydrogen-bond donors (Lipinski definition) is 4. The third kappa shape index (κ3) is 22.1. The van der Waals surface area contributed by atoms with Gasteiger partial charge in [-0.05, 0) is 44.1 Å². The van der Waals surface area contributed by atoms with E-state index in [-0.39, 0.29) is 62.0 Å². The summed E-state index contributed by atoms with van der Waals surface area (Å²) in [6.45, 7) is 18.2. The van der Waals surface area contributed by atoms with Gasteiger partial charge in [0.25, 0.3) is 0 Å². The number of ether oxygens (including phenoxy) is 8. The SMILES string of the molecule is CC[C@H](C)[C@@H]([C@@H](CC(=O)N1CCC[C@H]1[C@H](OC)[C@@H](C)C(=O)N[C@@H](Cc1ccccc1)C(=O)O)OC)N(C)C(=O)[C@@H](NC(=O)C(C)(C)N(C)C(=O)CCOCCOCCOCCOCCOCCOCCN)C(C)C. The van der Waals surface area contributed by atoms with E-state index in [0.717, 1.165) is 5.56 Å². The predicted octanol–water partition coefficient (Wildman–Crippen LogP) is 2.55. The van der Waals surface area contributed by atoms with Gasteiger partial charge in [-0.2, -0.15) is 0 Å². The number of aliphatic carboxylic acids is 1. The fourth-order valence-electron chi connectivity index (χ4n) is 8.79. The van der Waals surface area contributed by atoms with E-state index in [4.69, 9.17) is 43.6 Å². The molecule has 0 unspecified atom stereocenters. The Morgan fingerprint density at radius 3 is 1.78 bits per heavy atom. The predicted molar refractivity (Wildman–Crippen MR) is 278 cm³/mol. The first kappa shape index (κ1) is 65.8. The Labute approximate surface area is 440 Å². The Bertz CT molecular complexity index is 1790. The van der Waals surface area contributed by atoms with Gasteiger partial charge in [-0.3, -0.25) is 24.0 Å². The van der Waals surface area contributed by atoms with Crippen molar-refractivity contribution in [2.75, 3.05) is 121 Å². The molecule has 1 aromatic carbocycles. The van der Waals surface area contributed by atoms with Crippen molar-refractivity contribution in [3.63, 3.8) is 0 Å². The fraction of sp³-hybridized carbons (Fsp3) is 0.774. The highest BCUT2D eigenvalue weighted by molar-refractivity contribution is 5.94. The lowest BCUT2D eigenvalue weighted by molar-refractivity contribution is -0.150. The molecule has 424 valence electrons. The first-order valence-corrected chi connectivity index (χ1v) is 26.2. The van der Waals surface area contributed by atoms with Crippen LogP contribution in [-0.4, -0.2) is 218 Å². The van der Waals surface area contributed by atoms with Gasteiger partial charge < -0.3 is 74.1 Å². The summed E-state index contributed by atoms with van der Waals surface area (Å²) in [4.78, 5) is 86.6. The molecule has 5 N–H and O–H groups in total. The highest BCUT2D eigenvalue weighted by Crippen LogP contribution is 2.30. The molecular weight excluding hydrogens is 961 g/mol. The van der Waals surface area contributed by atoms with Gasteiger partial charge >= 0.3 is 5.97 Å². The minimum absolute atomic E-state index is 0.0213. The number of nitrogens with two attached hydrogens (primary N) is 1. The molecule has 0 saturated carbocycles. The van der Waals surface area contributed by atoms with E-state index >= 15 is 0 Å². The first-order valence-electron chi connectivity index (χ1n) is 26.2. The summed E-state index contributed by atoms with van der Waals surface area (Å²) in [6, 6.07) is 5.84. The largest absolute Gasteiger partial charge is 0.480 e. The van der Waals surface area contributed by atoms with E-state index in [1.165, 1.54) is 19.1 Å². The van der Waals surface area contributed by atoms with E-state index in [9.17, 15) is 33.9 Å². The molecule has 0 radical (unpaired) electrons. The second-order valence-corrected chi connectivity index (χ2v) is 19.6. The van der Waals surface area contributed by atoms with Gasteiger partial charge in [0.15, 0.2) is 0 Å². The van der Waals surface area contributed by atoms with Crippen molar-refractivity contribution in [3.05, 3.63) is 35.9 Å². The number of nitrogens with one attached hydrogen (secondary N) is 2. The van der Waals surface area contributed by atoms with Gasteiger partial charge in [-0.25, -0.2) is 4.79 Å². The van der Waals surface area contributed by atoms with Gasteiger partial charge in [0, 0.05) is 47.8 Å². The summed E-state index contributed by atoms with van der Waals surface area (Å²) in [5, 5.41) is 15.6. The first-order chi connectivity index (χ1) is 35.3. The Hall–Kier alpha value is -4.32. The van der Waals surface area contributed by atoms with Crippen molar-refractivity contribution in [1.82, 2.24) is 25.3 Å². The summed E-state index contributed by atoms with van der Waals surface area (Å²) in [5.41, 5.74) is 4.79. The smallest absolute Gasteiger partial charge is 0.326 e. The van der Waals surface area contributed by atoms with Crippen LogP contribution in [0, 0.1) is 17.8 Å².